The second-order valence-corrected chi connectivity index (χ2v) is 11.3. The molecule has 0 aliphatic heterocycles. The van der Waals surface area contributed by atoms with Crippen molar-refractivity contribution < 1.29 is 32.3 Å². The van der Waals surface area contributed by atoms with Gasteiger partial charge in [-0.2, -0.15) is 8.42 Å². The highest BCUT2D eigenvalue weighted by molar-refractivity contribution is 7.86. The van der Waals surface area contributed by atoms with Gasteiger partial charge in [-0.15, -0.1) is 11.8 Å². The third kappa shape index (κ3) is 10.1. The van der Waals surface area contributed by atoms with Gasteiger partial charge in [0, 0.05) is 25.2 Å². The summed E-state index contributed by atoms with van der Waals surface area (Å²) in [6.07, 6.45) is 9.03. The third-order valence-electron chi connectivity index (χ3n) is 6.61. The molecule has 0 radical (unpaired) electrons. The zero-order valence-corrected chi connectivity index (χ0v) is 23.0. The zero-order chi connectivity index (χ0) is 27.5. The van der Waals surface area contributed by atoms with E-state index in [0.717, 1.165) is 5.56 Å². The Bertz CT molecular complexity index is 1090. The summed E-state index contributed by atoms with van der Waals surface area (Å²) in [6.45, 7) is 5.31. The summed E-state index contributed by atoms with van der Waals surface area (Å²) in [6, 6.07) is 6.45. The van der Waals surface area contributed by atoms with E-state index in [1.165, 1.54) is 19.2 Å². The fraction of sp³-hybridized carbons (Fsp3) is 0.552. The SMILES string of the molecule is CC#CCCC(C)(O)C=C[C@@H]1[C@@H](CC=CCCCC(=O)OC)[C@H](OS(=O)(=O)c2ccc(C)cc2)C[C@H]1O. The number of hydrogen-bond donors (Lipinski definition) is 2. The molecule has 0 saturated heterocycles. The fourth-order valence-electron chi connectivity index (χ4n) is 4.40. The maximum absolute atomic E-state index is 13.0. The lowest BCUT2D eigenvalue weighted by atomic mass is 9.88. The topological polar surface area (TPSA) is 110 Å². The molecule has 2 rings (SSSR count). The smallest absolute Gasteiger partial charge is 0.305 e. The van der Waals surface area contributed by atoms with Gasteiger partial charge in [-0.25, -0.2) is 0 Å². The minimum atomic E-state index is -4.03. The normalized spacial score (nSPS) is 23.6. The molecule has 8 heteroatoms. The molecule has 5 atom stereocenters. The molecule has 1 aromatic rings. The lowest BCUT2D eigenvalue weighted by molar-refractivity contribution is -0.140. The number of methoxy groups -OCH3 is 1. The highest BCUT2D eigenvalue weighted by atomic mass is 32.2. The van der Waals surface area contributed by atoms with Crippen molar-refractivity contribution in [3.05, 3.63) is 54.1 Å². The van der Waals surface area contributed by atoms with Crippen molar-refractivity contribution in [1.29, 1.82) is 0 Å². The molecule has 1 fully saturated rings. The summed E-state index contributed by atoms with van der Waals surface area (Å²) in [5.74, 6) is 4.76. The number of ether oxygens (including phenoxy) is 1. The number of esters is 1. The van der Waals surface area contributed by atoms with Crippen molar-refractivity contribution in [3.8, 4) is 11.8 Å². The molecular weight excluding hydrogens is 492 g/mol. The van der Waals surface area contributed by atoms with Gasteiger partial charge < -0.3 is 14.9 Å². The number of carbonyl (C=O) groups excluding carboxylic acids is 1. The van der Waals surface area contributed by atoms with Gasteiger partial charge in [0.15, 0.2) is 0 Å². The average molecular weight is 533 g/mol. The maximum Gasteiger partial charge on any atom is 0.305 e. The van der Waals surface area contributed by atoms with Crippen LogP contribution in [0.3, 0.4) is 0 Å². The third-order valence-corrected chi connectivity index (χ3v) is 7.96. The summed E-state index contributed by atoms with van der Waals surface area (Å²) >= 11 is 0. The van der Waals surface area contributed by atoms with Crippen molar-refractivity contribution in [2.24, 2.45) is 11.8 Å². The van der Waals surface area contributed by atoms with Gasteiger partial charge >= 0.3 is 5.97 Å². The van der Waals surface area contributed by atoms with E-state index in [2.05, 4.69) is 16.6 Å². The van der Waals surface area contributed by atoms with Crippen LogP contribution in [0, 0.1) is 30.6 Å². The number of aryl methyl sites for hydroxylation is 1. The van der Waals surface area contributed by atoms with Gasteiger partial charge in [-0.05, 0) is 64.5 Å². The molecule has 0 aromatic heterocycles. The average Bonchev–Trinajstić information content (AvgIpc) is 3.13. The van der Waals surface area contributed by atoms with E-state index < -0.39 is 33.8 Å². The Morgan fingerprint density at radius 1 is 1.24 bits per heavy atom. The van der Waals surface area contributed by atoms with Gasteiger partial charge in [-0.1, -0.05) is 42.0 Å². The van der Waals surface area contributed by atoms with E-state index in [-0.39, 0.29) is 23.2 Å². The number of allylic oxidation sites excluding steroid dienone is 2. The van der Waals surface area contributed by atoms with Gasteiger partial charge in [-0.3, -0.25) is 8.98 Å². The highest BCUT2D eigenvalue weighted by Gasteiger charge is 2.43. The Morgan fingerprint density at radius 2 is 1.95 bits per heavy atom. The molecule has 0 amide bonds. The monoisotopic (exact) mass is 532 g/mol. The Hall–Kier alpha value is -2.44. The first kappa shape index (κ1) is 30.8. The fourth-order valence-corrected chi connectivity index (χ4v) is 5.52. The molecular formula is C29H40O7S. The van der Waals surface area contributed by atoms with Crippen LogP contribution in [-0.4, -0.2) is 49.5 Å². The van der Waals surface area contributed by atoms with Crippen LogP contribution in [0.15, 0.2) is 53.5 Å². The number of unbranched alkanes of at least 4 members (excludes halogenated alkanes) is 1. The van der Waals surface area contributed by atoms with Crippen molar-refractivity contribution in [1.82, 2.24) is 0 Å². The molecule has 37 heavy (non-hydrogen) atoms. The zero-order valence-electron chi connectivity index (χ0n) is 22.2. The molecule has 204 valence electrons. The van der Waals surface area contributed by atoms with E-state index in [4.69, 9.17) is 4.18 Å². The summed E-state index contributed by atoms with van der Waals surface area (Å²) < 4.78 is 36.3. The molecule has 1 unspecified atom stereocenters. The predicted molar refractivity (Wildman–Crippen MR) is 143 cm³/mol. The molecule has 7 nitrogen and oxygen atoms in total. The van der Waals surface area contributed by atoms with Crippen LogP contribution in [0.25, 0.3) is 0 Å². The van der Waals surface area contributed by atoms with Crippen molar-refractivity contribution in [2.75, 3.05) is 7.11 Å². The Morgan fingerprint density at radius 3 is 2.59 bits per heavy atom. The van der Waals surface area contributed by atoms with Gasteiger partial charge in [0.05, 0.1) is 29.8 Å². The number of rotatable bonds is 13. The van der Waals surface area contributed by atoms with Crippen LogP contribution in [0.5, 0.6) is 0 Å². The quantitative estimate of drug-likeness (QED) is 0.127. The van der Waals surface area contributed by atoms with E-state index >= 15 is 0 Å². The summed E-state index contributed by atoms with van der Waals surface area (Å²) in [7, 11) is -2.67. The first-order valence-electron chi connectivity index (χ1n) is 12.7. The number of aliphatic hydroxyl groups excluding tert-OH is 1. The highest BCUT2D eigenvalue weighted by Crippen LogP contribution is 2.40. The standard InChI is InChI=1S/C29H40O7S/c1-5-6-11-19-29(3,32)20-18-24-25(12-9-7-8-10-13-28(31)35-4)27(21-26(24)30)36-37(33,34)23-16-14-22(2)15-17-23/h7,9,14-18,20,24-27,30,32H,8,10-13,19,21H2,1-4H3/t24-,25-,26-,27-,29?/m1/s1. The van der Waals surface area contributed by atoms with E-state index in [1.807, 2.05) is 19.1 Å². The largest absolute Gasteiger partial charge is 0.469 e. The first-order chi connectivity index (χ1) is 17.5. The van der Waals surface area contributed by atoms with Gasteiger partial charge in [0.25, 0.3) is 10.1 Å². The molecule has 1 aliphatic rings. The Kier molecular flexibility index (Phi) is 12.1. The lowest BCUT2D eigenvalue weighted by Crippen LogP contribution is -2.26. The summed E-state index contributed by atoms with van der Waals surface area (Å²) in [5, 5.41) is 21.6. The molecule has 0 bridgehead atoms. The van der Waals surface area contributed by atoms with Crippen LogP contribution in [0.1, 0.15) is 64.4 Å². The minimum Gasteiger partial charge on any atom is -0.469 e. The maximum atomic E-state index is 13.0. The molecule has 1 aliphatic carbocycles. The Labute approximate surface area is 221 Å². The number of aliphatic hydroxyl groups is 2. The number of benzene rings is 1. The number of hydrogen-bond acceptors (Lipinski definition) is 7. The molecule has 2 N–H and O–H groups in total. The van der Waals surface area contributed by atoms with Crippen molar-refractivity contribution in [2.45, 2.75) is 88.4 Å². The van der Waals surface area contributed by atoms with E-state index in [1.54, 1.807) is 38.1 Å². The van der Waals surface area contributed by atoms with Gasteiger partial charge in [0.2, 0.25) is 0 Å². The number of carbonyl (C=O) groups is 1. The second kappa shape index (κ2) is 14.5. The van der Waals surface area contributed by atoms with Crippen LogP contribution >= 0.6 is 0 Å². The van der Waals surface area contributed by atoms with Crippen LogP contribution in [0.4, 0.5) is 0 Å². The van der Waals surface area contributed by atoms with E-state index in [0.29, 0.717) is 38.5 Å². The van der Waals surface area contributed by atoms with Crippen molar-refractivity contribution >= 4 is 16.1 Å². The van der Waals surface area contributed by atoms with Crippen LogP contribution in [-0.2, 0) is 23.8 Å². The van der Waals surface area contributed by atoms with Gasteiger partial charge in [0.1, 0.15) is 0 Å². The molecule has 0 heterocycles. The lowest BCUT2D eigenvalue weighted by Gasteiger charge is -2.24. The molecule has 1 aromatic carbocycles. The van der Waals surface area contributed by atoms with Crippen molar-refractivity contribution in [3.63, 3.8) is 0 Å². The molecule has 1 saturated carbocycles. The summed E-state index contributed by atoms with van der Waals surface area (Å²) in [5.41, 5.74) is -0.169. The van der Waals surface area contributed by atoms with E-state index in [9.17, 15) is 23.4 Å². The van der Waals surface area contributed by atoms with Crippen LogP contribution < -0.4 is 0 Å². The first-order valence-corrected chi connectivity index (χ1v) is 14.1. The second-order valence-electron chi connectivity index (χ2n) is 9.76. The summed E-state index contributed by atoms with van der Waals surface area (Å²) in [4.78, 5) is 11.4. The minimum absolute atomic E-state index is 0.0728. The molecule has 0 spiro atoms. The van der Waals surface area contributed by atoms with Crippen LogP contribution in [0.2, 0.25) is 0 Å². The predicted octanol–water partition coefficient (Wildman–Crippen LogP) is 4.47. The Balaban J connectivity index is 2.19.